The fourth-order valence-electron chi connectivity index (χ4n) is 3.57. The number of piperazine rings is 1. The molecule has 0 aromatic heterocycles. The fraction of sp³-hybridized carbons (Fsp3) is 0.611. The van der Waals surface area contributed by atoms with Crippen molar-refractivity contribution in [1.82, 2.24) is 13.5 Å². The van der Waals surface area contributed by atoms with E-state index in [2.05, 4.69) is 0 Å². The third-order valence-electron chi connectivity index (χ3n) is 4.93. The maximum absolute atomic E-state index is 13.7. The number of rotatable bonds is 4. The fourth-order valence-corrected chi connectivity index (χ4v) is 5.32. The summed E-state index contributed by atoms with van der Waals surface area (Å²) in [6.45, 7) is 5.48. The second kappa shape index (κ2) is 8.22. The highest BCUT2D eigenvalue weighted by Gasteiger charge is 2.37. The van der Waals surface area contributed by atoms with Crippen LogP contribution in [0.5, 0.6) is 0 Å². The molecule has 27 heavy (non-hydrogen) atoms. The Morgan fingerprint density at radius 3 is 2.26 bits per heavy atom. The Morgan fingerprint density at radius 2 is 1.67 bits per heavy atom. The Bertz CT molecular complexity index is 771. The number of carbonyl (C=O) groups is 1. The number of amides is 1. The van der Waals surface area contributed by atoms with E-state index in [1.165, 1.54) is 14.7 Å². The van der Waals surface area contributed by atoms with Crippen LogP contribution in [-0.4, -0.2) is 79.3 Å². The van der Waals surface area contributed by atoms with Gasteiger partial charge in [-0.3, -0.25) is 4.79 Å². The molecule has 3 rings (SSSR count). The van der Waals surface area contributed by atoms with E-state index in [-0.39, 0.29) is 37.6 Å². The van der Waals surface area contributed by atoms with Gasteiger partial charge < -0.3 is 9.64 Å². The summed E-state index contributed by atoms with van der Waals surface area (Å²) in [7, 11) is -3.58. The molecule has 9 heteroatoms. The maximum Gasteiger partial charge on any atom is 0.282 e. The highest BCUT2D eigenvalue weighted by Crippen LogP contribution is 2.19. The van der Waals surface area contributed by atoms with E-state index in [0.717, 1.165) is 0 Å². The molecule has 1 aromatic carbocycles. The predicted octanol–water partition coefficient (Wildman–Crippen LogP) is 0.866. The Balaban J connectivity index is 1.58. The molecule has 0 unspecified atom stereocenters. The Kier molecular flexibility index (Phi) is 6.15. The van der Waals surface area contributed by atoms with Crippen molar-refractivity contribution in [2.24, 2.45) is 0 Å². The number of ether oxygens (including phenoxy) is 1. The highest BCUT2D eigenvalue weighted by molar-refractivity contribution is 7.86. The lowest BCUT2D eigenvalue weighted by Crippen LogP contribution is -2.57. The first-order valence-electron chi connectivity index (χ1n) is 9.19. The van der Waals surface area contributed by atoms with Crippen molar-refractivity contribution in [2.45, 2.75) is 32.5 Å². The van der Waals surface area contributed by atoms with E-state index >= 15 is 0 Å². The van der Waals surface area contributed by atoms with Crippen LogP contribution in [0.3, 0.4) is 0 Å². The molecule has 0 spiro atoms. The summed E-state index contributed by atoms with van der Waals surface area (Å²) in [4.78, 5) is 14.0. The van der Waals surface area contributed by atoms with Gasteiger partial charge in [0, 0.05) is 39.3 Å². The minimum Gasteiger partial charge on any atom is -0.373 e. The lowest BCUT2D eigenvalue weighted by molar-refractivity contribution is -0.131. The van der Waals surface area contributed by atoms with Crippen molar-refractivity contribution < 1.29 is 22.3 Å². The Hall–Kier alpha value is -1.55. The monoisotopic (exact) mass is 399 g/mol. The van der Waals surface area contributed by atoms with E-state index < -0.39 is 16.0 Å². The molecule has 0 aliphatic carbocycles. The molecule has 2 aliphatic rings. The molecular weight excluding hydrogens is 373 g/mol. The third-order valence-corrected chi connectivity index (χ3v) is 6.90. The van der Waals surface area contributed by atoms with Gasteiger partial charge in [0.15, 0.2) is 0 Å². The van der Waals surface area contributed by atoms with Crippen molar-refractivity contribution in [3.05, 3.63) is 35.6 Å². The molecule has 150 valence electrons. The standard InChI is InChI=1S/C18H26FN3O4S/c1-14-12-22(13-15(2)26-14)27(24,25)21-9-7-20(8-10-21)18(23)11-16-5-3-4-6-17(16)19/h3-6,14-15H,7-13H2,1-2H3/t14-,15-/m0/s1. The molecule has 2 aliphatic heterocycles. The summed E-state index contributed by atoms with van der Waals surface area (Å²) < 4.78 is 48.0. The van der Waals surface area contributed by atoms with Crippen molar-refractivity contribution in [3.8, 4) is 0 Å². The van der Waals surface area contributed by atoms with Gasteiger partial charge in [0.25, 0.3) is 10.2 Å². The van der Waals surface area contributed by atoms with E-state index in [4.69, 9.17) is 4.74 Å². The Labute approximate surface area is 159 Å². The quantitative estimate of drug-likeness (QED) is 0.753. The predicted molar refractivity (Wildman–Crippen MR) is 98.8 cm³/mol. The van der Waals surface area contributed by atoms with Gasteiger partial charge in [-0.15, -0.1) is 0 Å². The number of morpholine rings is 1. The summed E-state index contributed by atoms with van der Waals surface area (Å²) in [6.07, 6.45) is -0.308. The minimum atomic E-state index is -3.58. The second-order valence-corrected chi connectivity index (χ2v) is 9.06. The number of nitrogens with zero attached hydrogens (tertiary/aromatic N) is 3. The lowest BCUT2D eigenvalue weighted by Gasteiger charge is -2.40. The van der Waals surface area contributed by atoms with Crippen molar-refractivity contribution in [3.63, 3.8) is 0 Å². The van der Waals surface area contributed by atoms with E-state index in [0.29, 0.717) is 31.7 Å². The number of benzene rings is 1. The number of carbonyl (C=O) groups excluding carboxylic acids is 1. The van der Waals surface area contributed by atoms with Crippen LogP contribution in [0, 0.1) is 5.82 Å². The summed E-state index contributed by atoms with van der Waals surface area (Å²) in [5, 5.41) is 0. The van der Waals surface area contributed by atoms with Crippen LogP contribution in [0.1, 0.15) is 19.4 Å². The average Bonchev–Trinajstić information content (AvgIpc) is 2.63. The third kappa shape index (κ3) is 4.66. The largest absolute Gasteiger partial charge is 0.373 e. The van der Waals surface area contributed by atoms with Gasteiger partial charge in [-0.25, -0.2) is 4.39 Å². The van der Waals surface area contributed by atoms with Crippen molar-refractivity contribution in [1.29, 1.82) is 0 Å². The number of hydrogen-bond donors (Lipinski definition) is 0. The second-order valence-electron chi connectivity index (χ2n) is 7.13. The van der Waals surface area contributed by atoms with Gasteiger partial charge in [0.2, 0.25) is 5.91 Å². The van der Waals surface area contributed by atoms with Gasteiger partial charge in [0.1, 0.15) is 5.82 Å². The van der Waals surface area contributed by atoms with E-state index in [1.807, 2.05) is 13.8 Å². The molecule has 1 amide bonds. The zero-order valence-electron chi connectivity index (χ0n) is 15.7. The summed E-state index contributed by atoms with van der Waals surface area (Å²) >= 11 is 0. The van der Waals surface area contributed by atoms with Crippen LogP contribution < -0.4 is 0 Å². The number of halogens is 1. The average molecular weight is 399 g/mol. The molecule has 1 aromatic rings. The minimum absolute atomic E-state index is 0.0160. The zero-order valence-corrected chi connectivity index (χ0v) is 16.5. The highest BCUT2D eigenvalue weighted by atomic mass is 32.2. The normalized spacial score (nSPS) is 25.5. The molecule has 2 heterocycles. The van der Waals surface area contributed by atoms with Crippen LogP contribution in [0.2, 0.25) is 0 Å². The van der Waals surface area contributed by atoms with Gasteiger partial charge >= 0.3 is 0 Å². The summed E-state index contributed by atoms with van der Waals surface area (Å²) in [6, 6.07) is 6.20. The summed E-state index contributed by atoms with van der Waals surface area (Å²) in [5.41, 5.74) is 0.355. The first-order chi connectivity index (χ1) is 12.8. The van der Waals surface area contributed by atoms with Gasteiger partial charge in [0.05, 0.1) is 18.6 Å². The van der Waals surface area contributed by atoms with Crippen molar-refractivity contribution >= 4 is 16.1 Å². The zero-order chi connectivity index (χ0) is 19.6. The van der Waals surface area contributed by atoms with Crippen LogP contribution in [0.4, 0.5) is 4.39 Å². The van der Waals surface area contributed by atoms with Gasteiger partial charge in [-0.1, -0.05) is 18.2 Å². The summed E-state index contributed by atoms with van der Waals surface area (Å²) in [5.74, 6) is -0.589. The van der Waals surface area contributed by atoms with Crippen molar-refractivity contribution in [2.75, 3.05) is 39.3 Å². The molecule has 0 bridgehead atoms. The topological polar surface area (TPSA) is 70.2 Å². The van der Waals surface area contributed by atoms with Gasteiger partial charge in [-0.2, -0.15) is 17.0 Å². The van der Waals surface area contributed by atoms with E-state index in [9.17, 15) is 17.6 Å². The molecule has 2 saturated heterocycles. The van der Waals surface area contributed by atoms with E-state index in [1.54, 1.807) is 23.1 Å². The van der Waals surface area contributed by atoms with Crippen LogP contribution in [0.15, 0.2) is 24.3 Å². The molecular formula is C18H26FN3O4S. The maximum atomic E-state index is 13.7. The lowest BCUT2D eigenvalue weighted by atomic mass is 10.1. The first-order valence-corrected chi connectivity index (χ1v) is 10.6. The SMILES string of the molecule is C[C@H]1CN(S(=O)(=O)N2CCN(C(=O)Cc3ccccc3F)CC2)C[C@H](C)O1. The van der Waals surface area contributed by atoms with Gasteiger partial charge in [-0.05, 0) is 25.5 Å². The molecule has 0 radical (unpaired) electrons. The van der Waals surface area contributed by atoms with Crippen LogP contribution in [0.25, 0.3) is 0 Å². The molecule has 2 fully saturated rings. The first kappa shape index (κ1) is 20.2. The molecule has 0 N–H and O–H groups in total. The molecule has 7 nitrogen and oxygen atoms in total. The number of hydrogen-bond acceptors (Lipinski definition) is 4. The van der Waals surface area contributed by atoms with Crippen LogP contribution in [-0.2, 0) is 26.2 Å². The van der Waals surface area contributed by atoms with Crippen LogP contribution >= 0.6 is 0 Å². The Morgan fingerprint density at radius 1 is 1.07 bits per heavy atom. The molecule has 2 atom stereocenters. The molecule has 0 saturated carbocycles. The smallest absolute Gasteiger partial charge is 0.282 e.